The molecule has 0 aliphatic heterocycles. The number of ketones is 1. The van der Waals surface area contributed by atoms with Crippen molar-refractivity contribution in [1.29, 1.82) is 0 Å². The molecule has 0 aliphatic carbocycles. The van der Waals surface area contributed by atoms with Crippen LogP contribution in [0.3, 0.4) is 0 Å². The van der Waals surface area contributed by atoms with E-state index in [1.807, 2.05) is 6.92 Å². The van der Waals surface area contributed by atoms with Gasteiger partial charge in [-0.3, -0.25) is 14.3 Å². The van der Waals surface area contributed by atoms with Gasteiger partial charge in [-0.2, -0.15) is 5.10 Å². The van der Waals surface area contributed by atoms with Crippen LogP contribution < -0.4 is 5.32 Å². The molecule has 0 radical (unpaired) electrons. The van der Waals surface area contributed by atoms with Crippen LogP contribution >= 0.6 is 23.2 Å². The number of amides is 1. The lowest BCUT2D eigenvalue weighted by molar-refractivity contribution is -0.116. The molecule has 7 heteroatoms. The van der Waals surface area contributed by atoms with E-state index in [1.165, 1.54) is 6.92 Å². The molecule has 1 heterocycles. The molecule has 2 aromatic rings. The van der Waals surface area contributed by atoms with Gasteiger partial charge in [-0.25, -0.2) is 0 Å². The summed E-state index contributed by atoms with van der Waals surface area (Å²) in [6, 6.07) is 4.90. The number of hydrogen-bond donors (Lipinski definition) is 1. The van der Waals surface area contributed by atoms with Crippen molar-refractivity contribution < 1.29 is 9.59 Å². The molecule has 0 bridgehead atoms. The Morgan fingerprint density at radius 2 is 1.91 bits per heavy atom. The zero-order valence-electron chi connectivity index (χ0n) is 13.1. The van der Waals surface area contributed by atoms with Crippen molar-refractivity contribution in [3.05, 3.63) is 45.2 Å². The van der Waals surface area contributed by atoms with Crippen LogP contribution in [-0.2, 0) is 11.3 Å². The van der Waals surface area contributed by atoms with Crippen LogP contribution in [-0.4, -0.2) is 21.5 Å². The van der Waals surface area contributed by atoms with Gasteiger partial charge in [0.15, 0.2) is 5.78 Å². The number of carbonyl (C=O) groups excluding carboxylic acids is 2. The van der Waals surface area contributed by atoms with Crippen LogP contribution in [0, 0.1) is 13.8 Å². The molecule has 0 unspecified atom stereocenters. The van der Waals surface area contributed by atoms with E-state index >= 15 is 0 Å². The zero-order valence-corrected chi connectivity index (χ0v) is 14.6. The first-order valence-electron chi connectivity index (χ1n) is 7.09. The van der Waals surface area contributed by atoms with Crippen LogP contribution in [0.15, 0.2) is 18.2 Å². The quantitative estimate of drug-likeness (QED) is 0.825. The maximum Gasteiger partial charge on any atom is 0.226 e. The number of benzene rings is 1. The Morgan fingerprint density at radius 1 is 1.22 bits per heavy atom. The average Bonchev–Trinajstić information content (AvgIpc) is 2.75. The molecule has 1 aromatic heterocycles. The first kappa shape index (κ1) is 17.5. The van der Waals surface area contributed by atoms with E-state index in [4.69, 9.17) is 23.2 Å². The predicted molar refractivity (Wildman–Crippen MR) is 91.4 cm³/mol. The predicted octanol–water partition coefficient (Wildman–Crippen LogP) is 4.04. The first-order chi connectivity index (χ1) is 10.8. The Kier molecular flexibility index (Phi) is 5.44. The van der Waals surface area contributed by atoms with E-state index in [-0.39, 0.29) is 18.1 Å². The Bertz CT molecular complexity index is 769. The van der Waals surface area contributed by atoms with Crippen LogP contribution in [0.25, 0.3) is 0 Å². The van der Waals surface area contributed by atoms with Gasteiger partial charge in [-0.05, 0) is 39.0 Å². The number of aromatic nitrogens is 2. The third-order valence-corrected chi connectivity index (χ3v) is 4.23. The molecule has 0 spiro atoms. The summed E-state index contributed by atoms with van der Waals surface area (Å²) in [6.07, 6.45) is 0.236. The van der Waals surface area contributed by atoms with Gasteiger partial charge >= 0.3 is 0 Å². The highest BCUT2D eigenvalue weighted by atomic mass is 35.5. The Balaban J connectivity index is 2.01. The third-order valence-electron chi connectivity index (χ3n) is 3.49. The summed E-state index contributed by atoms with van der Waals surface area (Å²) in [4.78, 5) is 23.6. The molecule has 23 heavy (non-hydrogen) atoms. The molecule has 0 atom stereocenters. The van der Waals surface area contributed by atoms with Crippen molar-refractivity contribution in [3.8, 4) is 0 Å². The summed E-state index contributed by atoms with van der Waals surface area (Å²) >= 11 is 11.7. The minimum atomic E-state index is -0.166. The van der Waals surface area contributed by atoms with Gasteiger partial charge in [0.05, 0.1) is 21.3 Å². The fourth-order valence-electron chi connectivity index (χ4n) is 2.43. The summed E-state index contributed by atoms with van der Waals surface area (Å²) in [5.74, 6) is -0.188. The SMILES string of the molecule is CC(=O)c1c(C)nn(CCC(=O)Nc2ccc(Cl)c(Cl)c2)c1C. The Morgan fingerprint density at radius 3 is 2.48 bits per heavy atom. The van der Waals surface area contributed by atoms with Crippen LogP contribution in [0.2, 0.25) is 10.0 Å². The number of Topliss-reactive ketones (excluding diaryl/α,β-unsaturated/α-hetero) is 1. The molecule has 0 saturated carbocycles. The van der Waals surface area contributed by atoms with E-state index in [0.717, 1.165) is 5.69 Å². The fourth-order valence-corrected chi connectivity index (χ4v) is 2.73. The van der Waals surface area contributed by atoms with Gasteiger partial charge in [0, 0.05) is 24.3 Å². The number of nitrogens with zero attached hydrogens (tertiary/aromatic N) is 2. The van der Waals surface area contributed by atoms with Crippen molar-refractivity contribution in [2.24, 2.45) is 0 Å². The second-order valence-electron chi connectivity index (χ2n) is 5.25. The standard InChI is InChI=1S/C16H17Cl2N3O2/c1-9-16(11(3)22)10(2)21(20-9)7-6-15(23)19-12-4-5-13(17)14(18)8-12/h4-5,8H,6-7H2,1-3H3,(H,19,23). The van der Waals surface area contributed by atoms with Crippen molar-refractivity contribution in [1.82, 2.24) is 9.78 Å². The normalized spacial score (nSPS) is 10.7. The maximum atomic E-state index is 12.0. The lowest BCUT2D eigenvalue weighted by Crippen LogP contribution is -2.15. The summed E-state index contributed by atoms with van der Waals surface area (Å²) in [5.41, 5.74) is 2.66. The van der Waals surface area contributed by atoms with Crippen LogP contribution in [0.4, 0.5) is 5.69 Å². The molecular formula is C16H17Cl2N3O2. The molecule has 5 nitrogen and oxygen atoms in total. The largest absolute Gasteiger partial charge is 0.326 e. The van der Waals surface area contributed by atoms with Gasteiger partial charge in [-0.15, -0.1) is 0 Å². The first-order valence-corrected chi connectivity index (χ1v) is 7.85. The van der Waals surface area contributed by atoms with E-state index in [1.54, 1.807) is 29.8 Å². The number of hydrogen-bond acceptors (Lipinski definition) is 3. The minimum absolute atomic E-state index is 0.0218. The molecule has 1 N–H and O–H groups in total. The van der Waals surface area contributed by atoms with E-state index in [0.29, 0.717) is 33.5 Å². The van der Waals surface area contributed by atoms with Crippen molar-refractivity contribution in [2.45, 2.75) is 33.7 Å². The zero-order chi connectivity index (χ0) is 17.1. The summed E-state index contributed by atoms with van der Waals surface area (Å²) in [7, 11) is 0. The fraction of sp³-hybridized carbons (Fsp3) is 0.312. The third kappa shape index (κ3) is 4.12. The number of nitrogens with one attached hydrogen (secondary N) is 1. The summed E-state index contributed by atoms with van der Waals surface area (Å²) in [6.45, 7) is 5.52. The van der Waals surface area contributed by atoms with Crippen LogP contribution in [0.1, 0.15) is 35.1 Å². The van der Waals surface area contributed by atoms with Crippen molar-refractivity contribution in [3.63, 3.8) is 0 Å². The monoisotopic (exact) mass is 353 g/mol. The number of rotatable bonds is 5. The molecule has 0 fully saturated rings. The molecular weight excluding hydrogens is 337 g/mol. The van der Waals surface area contributed by atoms with Crippen LogP contribution in [0.5, 0.6) is 0 Å². The molecule has 2 rings (SSSR count). The topological polar surface area (TPSA) is 64.0 Å². The molecule has 1 amide bonds. The Labute approximate surface area is 144 Å². The lowest BCUT2D eigenvalue weighted by atomic mass is 10.1. The van der Waals surface area contributed by atoms with E-state index in [2.05, 4.69) is 10.4 Å². The summed E-state index contributed by atoms with van der Waals surface area (Å²) in [5, 5.41) is 7.88. The highest BCUT2D eigenvalue weighted by molar-refractivity contribution is 6.42. The van der Waals surface area contributed by atoms with Crippen molar-refractivity contribution in [2.75, 3.05) is 5.32 Å². The van der Waals surface area contributed by atoms with Gasteiger partial charge < -0.3 is 5.32 Å². The highest BCUT2D eigenvalue weighted by Gasteiger charge is 2.15. The van der Waals surface area contributed by atoms with Gasteiger partial charge in [0.2, 0.25) is 5.91 Å². The molecule has 1 aromatic carbocycles. The number of aryl methyl sites for hydroxylation is 2. The average molecular weight is 354 g/mol. The molecule has 0 aliphatic rings. The van der Waals surface area contributed by atoms with Gasteiger partial charge in [0.25, 0.3) is 0 Å². The number of halogens is 2. The van der Waals surface area contributed by atoms with Gasteiger partial charge in [-0.1, -0.05) is 23.2 Å². The second-order valence-corrected chi connectivity index (χ2v) is 6.07. The van der Waals surface area contributed by atoms with E-state index < -0.39 is 0 Å². The van der Waals surface area contributed by atoms with Crippen molar-refractivity contribution >= 4 is 40.6 Å². The Hall–Kier alpha value is -1.85. The number of carbonyl (C=O) groups is 2. The number of anilines is 1. The smallest absolute Gasteiger partial charge is 0.226 e. The highest BCUT2D eigenvalue weighted by Crippen LogP contribution is 2.25. The molecule has 122 valence electrons. The van der Waals surface area contributed by atoms with E-state index in [9.17, 15) is 9.59 Å². The minimum Gasteiger partial charge on any atom is -0.326 e. The lowest BCUT2D eigenvalue weighted by Gasteiger charge is -2.07. The summed E-state index contributed by atoms with van der Waals surface area (Å²) < 4.78 is 1.68. The van der Waals surface area contributed by atoms with Gasteiger partial charge in [0.1, 0.15) is 0 Å². The second kappa shape index (κ2) is 7.15. The maximum absolute atomic E-state index is 12.0. The molecule has 0 saturated heterocycles.